The van der Waals surface area contributed by atoms with E-state index in [0.29, 0.717) is 0 Å². The van der Waals surface area contributed by atoms with Crippen LogP contribution in [0.3, 0.4) is 0 Å². The van der Waals surface area contributed by atoms with Gasteiger partial charge in [-0.05, 0) is 18.2 Å². The van der Waals surface area contributed by atoms with Crippen molar-refractivity contribution in [3.8, 4) is 0 Å². The van der Waals surface area contributed by atoms with E-state index in [-0.39, 0.29) is 12.1 Å². The summed E-state index contributed by atoms with van der Waals surface area (Å²) in [6, 6.07) is 4.88. The zero-order chi connectivity index (χ0) is 14.3. The maximum absolute atomic E-state index is 12.8. The lowest BCUT2D eigenvalue weighted by Gasteiger charge is -2.05. The summed E-state index contributed by atoms with van der Waals surface area (Å²) in [4.78, 5) is 33.4. The van der Waals surface area contributed by atoms with Crippen LogP contribution in [0, 0.1) is 5.82 Å². The Hall–Kier alpha value is -2.44. The molecule has 0 unspecified atom stereocenters. The third-order valence-electron chi connectivity index (χ3n) is 2.05. The van der Waals surface area contributed by atoms with Gasteiger partial charge in [0.15, 0.2) is 6.61 Å². The van der Waals surface area contributed by atoms with Gasteiger partial charge in [-0.3, -0.25) is 9.59 Å². The van der Waals surface area contributed by atoms with Crippen LogP contribution in [0.5, 0.6) is 0 Å². The number of hydrogen-bond acceptors (Lipinski definition) is 5. The van der Waals surface area contributed by atoms with Gasteiger partial charge in [0.2, 0.25) is 0 Å². The first-order chi connectivity index (χ1) is 9.02. The van der Waals surface area contributed by atoms with Gasteiger partial charge in [0.05, 0.1) is 12.7 Å². The molecule has 0 bridgehead atoms. The first-order valence-electron chi connectivity index (χ1n) is 5.29. The van der Waals surface area contributed by atoms with Crippen molar-refractivity contribution in [1.29, 1.82) is 0 Å². The lowest BCUT2D eigenvalue weighted by molar-refractivity contribution is -0.141. The second kappa shape index (κ2) is 7.10. The van der Waals surface area contributed by atoms with Gasteiger partial charge in [-0.25, -0.2) is 9.18 Å². The highest BCUT2D eigenvalue weighted by Gasteiger charge is 2.11. The van der Waals surface area contributed by atoms with Crippen molar-refractivity contribution in [2.24, 2.45) is 0 Å². The number of ether oxygens (including phenoxy) is 2. The first-order valence-corrected chi connectivity index (χ1v) is 5.29. The molecule has 102 valence electrons. The molecule has 0 heterocycles. The minimum atomic E-state index is -0.826. The van der Waals surface area contributed by atoms with Crippen LogP contribution in [-0.2, 0) is 19.1 Å². The number of benzene rings is 1. The molecule has 0 aliphatic rings. The molecule has 0 spiro atoms. The zero-order valence-corrected chi connectivity index (χ0v) is 10.1. The van der Waals surface area contributed by atoms with Crippen molar-refractivity contribution < 1.29 is 28.2 Å². The summed E-state index contributed by atoms with van der Waals surface area (Å²) in [5.74, 6) is -2.68. The van der Waals surface area contributed by atoms with E-state index in [0.717, 1.165) is 6.07 Å². The number of halogens is 1. The quantitative estimate of drug-likeness (QED) is 0.776. The van der Waals surface area contributed by atoms with Crippen LogP contribution in [-0.4, -0.2) is 38.1 Å². The molecule has 0 fully saturated rings. The number of rotatable bonds is 5. The Labute approximate surface area is 108 Å². The Morgan fingerprint density at radius 1 is 1.32 bits per heavy atom. The van der Waals surface area contributed by atoms with Crippen molar-refractivity contribution in [2.75, 3.05) is 20.3 Å². The van der Waals surface area contributed by atoms with E-state index in [9.17, 15) is 18.8 Å². The molecule has 1 aromatic carbocycles. The van der Waals surface area contributed by atoms with E-state index >= 15 is 0 Å². The van der Waals surface area contributed by atoms with E-state index in [1.165, 1.54) is 25.3 Å². The van der Waals surface area contributed by atoms with Crippen LogP contribution in [0.1, 0.15) is 10.4 Å². The van der Waals surface area contributed by atoms with Gasteiger partial charge in [-0.15, -0.1) is 0 Å². The lowest BCUT2D eigenvalue weighted by Crippen LogP contribution is -2.33. The van der Waals surface area contributed by atoms with Crippen molar-refractivity contribution >= 4 is 17.8 Å². The maximum atomic E-state index is 12.8. The summed E-state index contributed by atoms with van der Waals surface area (Å²) in [5.41, 5.74) is 0.000711. The van der Waals surface area contributed by atoms with E-state index in [1.807, 2.05) is 0 Å². The maximum Gasteiger partial charge on any atom is 0.338 e. The zero-order valence-electron chi connectivity index (χ0n) is 10.1. The van der Waals surface area contributed by atoms with Crippen molar-refractivity contribution in [1.82, 2.24) is 5.32 Å². The van der Waals surface area contributed by atoms with Crippen LogP contribution in [0.2, 0.25) is 0 Å². The lowest BCUT2D eigenvalue weighted by atomic mass is 10.2. The smallest absolute Gasteiger partial charge is 0.338 e. The molecular formula is C12H12FNO5. The van der Waals surface area contributed by atoms with Crippen molar-refractivity contribution in [3.63, 3.8) is 0 Å². The number of esters is 2. The fourth-order valence-corrected chi connectivity index (χ4v) is 1.12. The highest BCUT2D eigenvalue weighted by molar-refractivity contribution is 5.91. The van der Waals surface area contributed by atoms with Crippen LogP contribution >= 0.6 is 0 Å². The van der Waals surface area contributed by atoms with Gasteiger partial charge >= 0.3 is 11.9 Å². The second-order valence-electron chi connectivity index (χ2n) is 3.44. The first kappa shape index (κ1) is 14.6. The molecule has 1 amide bonds. The van der Waals surface area contributed by atoms with Crippen LogP contribution in [0.4, 0.5) is 4.39 Å². The topological polar surface area (TPSA) is 81.7 Å². The number of carbonyl (C=O) groups is 3. The minimum Gasteiger partial charge on any atom is -0.468 e. The Balaban J connectivity index is 2.38. The largest absolute Gasteiger partial charge is 0.468 e. The normalized spacial score (nSPS) is 9.58. The molecule has 0 saturated heterocycles. The van der Waals surface area contributed by atoms with Gasteiger partial charge in [-0.1, -0.05) is 6.07 Å². The van der Waals surface area contributed by atoms with E-state index < -0.39 is 30.3 Å². The number of methoxy groups -OCH3 is 1. The molecule has 6 nitrogen and oxygen atoms in total. The highest BCUT2D eigenvalue weighted by atomic mass is 19.1. The van der Waals surface area contributed by atoms with E-state index in [4.69, 9.17) is 0 Å². The number of hydrogen-bond donors (Lipinski definition) is 1. The Kier molecular flexibility index (Phi) is 5.46. The van der Waals surface area contributed by atoms with Crippen molar-refractivity contribution in [2.45, 2.75) is 0 Å². The monoisotopic (exact) mass is 269 g/mol. The van der Waals surface area contributed by atoms with Gasteiger partial charge in [0.25, 0.3) is 5.91 Å². The summed E-state index contributed by atoms with van der Waals surface area (Å²) in [6.07, 6.45) is 0. The summed E-state index contributed by atoms with van der Waals surface area (Å²) in [6.45, 7) is -0.876. The summed E-state index contributed by atoms with van der Waals surface area (Å²) in [7, 11) is 1.18. The van der Waals surface area contributed by atoms with E-state index in [1.54, 1.807) is 0 Å². The second-order valence-corrected chi connectivity index (χ2v) is 3.44. The fraction of sp³-hybridized carbons (Fsp3) is 0.250. The molecule has 0 aromatic heterocycles. The molecule has 1 N–H and O–H groups in total. The summed E-state index contributed by atoms with van der Waals surface area (Å²) < 4.78 is 21.8. The highest BCUT2D eigenvalue weighted by Crippen LogP contribution is 2.04. The summed E-state index contributed by atoms with van der Waals surface area (Å²) >= 11 is 0. The molecule has 0 aliphatic carbocycles. The predicted molar refractivity (Wildman–Crippen MR) is 61.7 cm³/mol. The molecule has 19 heavy (non-hydrogen) atoms. The summed E-state index contributed by atoms with van der Waals surface area (Å²) in [5, 5.41) is 2.19. The average Bonchev–Trinajstić information content (AvgIpc) is 2.41. The predicted octanol–water partition coefficient (Wildman–Crippen LogP) is 0.272. The van der Waals surface area contributed by atoms with Gasteiger partial charge in [0, 0.05) is 0 Å². The van der Waals surface area contributed by atoms with Gasteiger partial charge in [0.1, 0.15) is 12.4 Å². The molecule has 1 aromatic rings. The average molecular weight is 269 g/mol. The van der Waals surface area contributed by atoms with E-state index in [2.05, 4.69) is 14.8 Å². The number of nitrogens with one attached hydrogen (secondary N) is 1. The fourth-order valence-electron chi connectivity index (χ4n) is 1.12. The Morgan fingerprint density at radius 3 is 2.68 bits per heavy atom. The molecule has 7 heteroatoms. The molecule has 1 rings (SSSR count). The third-order valence-corrected chi connectivity index (χ3v) is 2.05. The molecule has 0 saturated carbocycles. The Bertz CT molecular complexity index is 489. The molecular weight excluding hydrogens is 257 g/mol. The number of amides is 1. The van der Waals surface area contributed by atoms with Crippen LogP contribution in [0.15, 0.2) is 24.3 Å². The number of carbonyl (C=O) groups excluding carboxylic acids is 3. The molecule has 0 radical (unpaired) electrons. The van der Waals surface area contributed by atoms with Gasteiger partial charge in [-0.2, -0.15) is 0 Å². The minimum absolute atomic E-state index is 0.000711. The SMILES string of the molecule is COC(=O)CNC(=O)COC(=O)c1cccc(F)c1. The molecule has 0 atom stereocenters. The standard InChI is InChI=1S/C12H12FNO5/c1-18-11(16)6-14-10(15)7-19-12(17)8-3-2-4-9(13)5-8/h2-5H,6-7H2,1H3,(H,14,15). The molecule has 0 aliphatic heterocycles. The van der Waals surface area contributed by atoms with Gasteiger partial charge < -0.3 is 14.8 Å². The van der Waals surface area contributed by atoms with Crippen LogP contribution < -0.4 is 5.32 Å². The Morgan fingerprint density at radius 2 is 2.05 bits per heavy atom. The van der Waals surface area contributed by atoms with Crippen LogP contribution in [0.25, 0.3) is 0 Å². The third kappa shape index (κ3) is 5.15. The van der Waals surface area contributed by atoms with Crippen molar-refractivity contribution in [3.05, 3.63) is 35.6 Å².